The smallest absolute Gasteiger partial charge is 0.331 e. The van der Waals surface area contributed by atoms with E-state index >= 15 is 0 Å². The van der Waals surface area contributed by atoms with Crippen molar-refractivity contribution in [2.45, 2.75) is 51.9 Å². The number of methoxy groups -OCH3 is 1. The summed E-state index contributed by atoms with van der Waals surface area (Å²) in [6, 6.07) is 0. The Bertz CT molecular complexity index is 491. The molecule has 0 bridgehead atoms. The number of rotatable bonds is 30. The van der Waals surface area contributed by atoms with Crippen LogP contribution < -0.4 is 0 Å². The minimum atomic E-state index is -0.408. The summed E-state index contributed by atoms with van der Waals surface area (Å²) in [4.78, 5) is 22.4. The van der Waals surface area contributed by atoms with Gasteiger partial charge in [0.25, 0.3) is 0 Å². The third kappa shape index (κ3) is 30.8. The summed E-state index contributed by atoms with van der Waals surface area (Å²) in [6.07, 6.45) is 7.41. The quantitative estimate of drug-likeness (QED) is 0.0992. The lowest BCUT2D eigenvalue weighted by Crippen LogP contribution is -2.16. The van der Waals surface area contributed by atoms with Crippen LogP contribution in [0, 0.1) is 0 Å². The topological polar surface area (TPSA) is 117 Å². The van der Waals surface area contributed by atoms with Crippen molar-refractivity contribution in [3.05, 3.63) is 0 Å². The van der Waals surface area contributed by atoms with Crippen LogP contribution in [-0.2, 0) is 52.2 Å². The minimum absolute atomic E-state index is 0.0695. The van der Waals surface area contributed by atoms with Crippen molar-refractivity contribution in [2.75, 3.05) is 106 Å². The monoisotopic (exact) mass is 538 g/mol. The van der Waals surface area contributed by atoms with Crippen LogP contribution in [0.25, 0.3) is 0 Å². The molecule has 0 aliphatic rings. The van der Waals surface area contributed by atoms with Gasteiger partial charge in [-0.2, -0.15) is 0 Å². The minimum Gasteiger partial charge on any atom is -0.467 e. The Labute approximate surface area is 222 Å². The van der Waals surface area contributed by atoms with Crippen LogP contribution in [0.4, 0.5) is 0 Å². The van der Waals surface area contributed by atoms with Gasteiger partial charge in [-0.3, -0.25) is 4.79 Å². The van der Waals surface area contributed by atoms with Gasteiger partial charge in [0.05, 0.1) is 93.0 Å². The molecule has 0 spiro atoms. The highest BCUT2D eigenvalue weighted by Gasteiger charge is 2.02. The number of esters is 2. The molecule has 11 nitrogen and oxygen atoms in total. The third-order valence-corrected chi connectivity index (χ3v) is 4.90. The molecule has 0 saturated carbocycles. The maximum Gasteiger partial charge on any atom is 0.331 e. The standard InChI is InChI=1S/C26H50O11/c1-3-4-5-6-7-8-9-25(27)37-23-22-35-19-18-33-15-14-31-11-10-30-12-13-32-16-17-34-20-21-36-24-26(28)29-2/h3-24H2,1-2H3. The van der Waals surface area contributed by atoms with Crippen molar-refractivity contribution in [3.8, 4) is 0 Å². The van der Waals surface area contributed by atoms with Gasteiger partial charge in [-0.25, -0.2) is 4.79 Å². The molecule has 0 radical (unpaired) electrons. The summed E-state index contributed by atoms with van der Waals surface area (Å²) in [5.74, 6) is -0.554. The van der Waals surface area contributed by atoms with E-state index in [-0.39, 0.29) is 19.2 Å². The summed E-state index contributed by atoms with van der Waals surface area (Å²) < 4.78 is 47.0. The van der Waals surface area contributed by atoms with Gasteiger partial charge in [0, 0.05) is 6.42 Å². The third-order valence-electron chi connectivity index (χ3n) is 4.90. The SMILES string of the molecule is CCCCCCCCC(=O)OCCOCCOCCOCCOCCOCCOCCOCC(=O)OC. The molecule has 220 valence electrons. The summed E-state index contributed by atoms with van der Waals surface area (Å²) in [5, 5.41) is 0. The zero-order valence-electron chi connectivity index (χ0n) is 23.0. The highest BCUT2D eigenvalue weighted by molar-refractivity contribution is 5.70. The van der Waals surface area contributed by atoms with E-state index in [1.807, 2.05) is 0 Å². The Morgan fingerprint density at radius 1 is 0.459 bits per heavy atom. The zero-order chi connectivity index (χ0) is 27.1. The van der Waals surface area contributed by atoms with Gasteiger partial charge >= 0.3 is 11.9 Å². The molecule has 0 fully saturated rings. The molecule has 0 saturated heterocycles. The predicted octanol–water partition coefficient (Wildman–Crippen LogP) is 2.57. The van der Waals surface area contributed by atoms with E-state index in [2.05, 4.69) is 11.7 Å². The van der Waals surface area contributed by atoms with E-state index in [1.165, 1.54) is 32.8 Å². The van der Waals surface area contributed by atoms with Crippen LogP contribution in [0.1, 0.15) is 51.9 Å². The maximum absolute atomic E-state index is 11.6. The van der Waals surface area contributed by atoms with Gasteiger partial charge in [0.1, 0.15) is 13.2 Å². The molecule has 0 heterocycles. The van der Waals surface area contributed by atoms with Crippen LogP contribution in [-0.4, -0.2) is 118 Å². The molecule has 0 amide bonds. The van der Waals surface area contributed by atoms with Gasteiger partial charge < -0.3 is 42.6 Å². The average Bonchev–Trinajstić information content (AvgIpc) is 2.90. The second-order valence-corrected chi connectivity index (χ2v) is 8.04. The van der Waals surface area contributed by atoms with Gasteiger partial charge in [0.15, 0.2) is 0 Å². The van der Waals surface area contributed by atoms with Crippen molar-refractivity contribution >= 4 is 11.9 Å². The summed E-state index contributed by atoms with van der Waals surface area (Å²) in [5.41, 5.74) is 0. The molecule has 0 atom stereocenters. The van der Waals surface area contributed by atoms with Crippen molar-refractivity contribution in [1.29, 1.82) is 0 Å². The van der Waals surface area contributed by atoms with E-state index in [4.69, 9.17) is 37.9 Å². The van der Waals surface area contributed by atoms with Crippen molar-refractivity contribution < 1.29 is 52.2 Å². The van der Waals surface area contributed by atoms with Gasteiger partial charge in [-0.05, 0) is 6.42 Å². The first kappa shape index (κ1) is 35.7. The molecule has 0 unspecified atom stereocenters. The Hall–Kier alpha value is -1.34. The fraction of sp³-hybridized carbons (Fsp3) is 0.923. The summed E-state index contributed by atoms with van der Waals surface area (Å²) in [7, 11) is 1.31. The molecule has 0 rings (SSSR count). The number of hydrogen-bond donors (Lipinski definition) is 0. The molecule has 0 N–H and O–H groups in total. The molecule has 0 aromatic rings. The summed E-state index contributed by atoms with van der Waals surface area (Å²) >= 11 is 0. The van der Waals surface area contributed by atoms with E-state index in [9.17, 15) is 9.59 Å². The van der Waals surface area contributed by atoms with Crippen LogP contribution in [0.15, 0.2) is 0 Å². The van der Waals surface area contributed by atoms with Gasteiger partial charge in [0.2, 0.25) is 0 Å². The lowest BCUT2D eigenvalue weighted by molar-refractivity contribution is -0.146. The van der Waals surface area contributed by atoms with Gasteiger partial charge in [-0.15, -0.1) is 0 Å². The lowest BCUT2D eigenvalue weighted by atomic mass is 10.1. The molecule has 0 aliphatic heterocycles. The number of carbonyl (C=O) groups is 2. The number of carbonyl (C=O) groups excluding carboxylic acids is 2. The van der Waals surface area contributed by atoms with E-state index in [0.29, 0.717) is 92.3 Å². The Kier molecular flexibility index (Phi) is 29.8. The normalized spacial score (nSPS) is 11.1. The van der Waals surface area contributed by atoms with Crippen LogP contribution in [0.2, 0.25) is 0 Å². The highest BCUT2D eigenvalue weighted by Crippen LogP contribution is 2.07. The van der Waals surface area contributed by atoms with E-state index < -0.39 is 5.97 Å². The number of ether oxygens (including phenoxy) is 9. The fourth-order valence-corrected chi connectivity index (χ4v) is 2.87. The van der Waals surface area contributed by atoms with Gasteiger partial charge in [-0.1, -0.05) is 39.0 Å². The highest BCUT2D eigenvalue weighted by atomic mass is 16.6. The van der Waals surface area contributed by atoms with Crippen molar-refractivity contribution in [3.63, 3.8) is 0 Å². The maximum atomic E-state index is 11.6. The van der Waals surface area contributed by atoms with Crippen LogP contribution in [0.3, 0.4) is 0 Å². The second-order valence-electron chi connectivity index (χ2n) is 8.04. The van der Waals surface area contributed by atoms with Crippen molar-refractivity contribution in [1.82, 2.24) is 0 Å². The largest absolute Gasteiger partial charge is 0.467 e. The Morgan fingerprint density at radius 2 is 0.838 bits per heavy atom. The van der Waals surface area contributed by atoms with Crippen molar-refractivity contribution in [2.24, 2.45) is 0 Å². The fourth-order valence-electron chi connectivity index (χ4n) is 2.87. The molecule has 0 aromatic carbocycles. The first-order valence-corrected chi connectivity index (χ1v) is 13.5. The Balaban J connectivity index is 3.11. The average molecular weight is 539 g/mol. The number of hydrogen-bond acceptors (Lipinski definition) is 11. The molecule has 0 aromatic heterocycles. The molecular weight excluding hydrogens is 488 g/mol. The van der Waals surface area contributed by atoms with E-state index in [0.717, 1.165) is 12.8 Å². The molecule has 0 aliphatic carbocycles. The molecule has 11 heteroatoms. The molecule has 37 heavy (non-hydrogen) atoms. The first-order chi connectivity index (χ1) is 18.2. The van der Waals surface area contributed by atoms with Crippen LogP contribution in [0.5, 0.6) is 0 Å². The zero-order valence-corrected chi connectivity index (χ0v) is 23.0. The predicted molar refractivity (Wildman–Crippen MR) is 137 cm³/mol. The first-order valence-electron chi connectivity index (χ1n) is 13.5. The van der Waals surface area contributed by atoms with E-state index in [1.54, 1.807) is 0 Å². The lowest BCUT2D eigenvalue weighted by Gasteiger charge is -2.08. The molecular formula is C26H50O11. The number of unbranched alkanes of at least 4 members (excludes halogenated alkanes) is 5. The Morgan fingerprint density at radius 3 is 1.27 bits per heavy atom. The summed E-state index contributed by atoms with van der Waals surface area (Å²) in [6.45, 7) is 8.21. The van der Waals surface area contributed by atoms with Crippen LogP contribution >= 0.6 is 0 Å². The second kappa shape index (κ2) is 30.9.